The first-order chi connectivity index (χ1) is 11.3. The highest BCUT2D eigenvalue weighted by atomic mass is 19.1. The number of hydrogen-bond donors (Lipinski definition) is 0. The highest BCUT2D eigenvalue weighted by molar-refractivity contribution is 6.02. The largest absolute Gasteiger partial charge is 0.207 e. The maximum Gasteiger partial charge on any atom is 0.123 e. The molecule has 0 fully saturated rings. The first-order valence-corrected chi connectivity index (χ1v) is 7.65. The van der Waals surface area contributed by atoms with Crippen LogP contribution in [-0.2, 0) is 0 Å². The second kappa shape index (κ2) is 5.69. The summed E-state index contributed by atoms with van der Waals surface area (Å²) >= 11 is 0. The van der Waals surface area contributed by atoms with Crippen LogP contribution in [0.3, 0.4) is 0 Å². The Labute approximate surface area is 134 Å². The minimum absolute atomic E-state index is 0.209. The normalized spacial score (nSPS) is 11.5. The van der Waals surface area contributed by atoms with Crippen LogP contribution in [0.4, 0.5) is 4.39 Å². The molecule has 4 aromatic rings. The minimum atomic E-state index is -0.209. The van der Waals surface area contributed by atoms with Crippen molar-refractivity contribution in [1.29, 1.82) is 0 Å². The van der Waals surface area contributed by atoms with Gasteiger partial charge in [0.05, 0.1) is 0 Å². The molecule has 110 valence electrons. The number of rotatable bonds is 2. The molecular formula is C22H15F. The average molecular weight is 298 g/mol. The molecule has 0 aliphatic heterocycles. The van der Waals surface area contributed by atoms with E-state index in [-0.39, 0.29) is 5.82 Å². The van der Waals surface area contributed by atoms with Crippen LogP contribution in [0.15, 0.2) is 78.9 Å². The maximum atomic E-state index is 13.0. The van der Waals surface area contributed by atoms with Gasteiger partial charge in [-0.2, -0.15) is 0 Å². The van der Waals surface area contributed by atoms with E-state index in [1.54, 1.807) is 12.1 Å². The van der Waals surface area contributed by atoms with E-state index in [4.69, 9.17) is 0 Å². The van der Waals surface area contributed by atoms with Crippen LogP contribution >= 0.6 is 0 Å². The number of hydrogen-bond acceptors (Lipinski definition) is 0. The van der Waals surface area contributed by atoms with Crippen molar-refractivity contribution in [2.24, 2.45) is 0 Å². The second-order valence-electron chi connectivity index (χ2n) is 5.65. The predicted octanol–water partition coefficient (Wildman–Crippen LogP) is 6.30. The molecule has 0 amide bonds. The van der Waals surface area contributed by atoms with E-state index < -0.39 is 0 Å². The van der Waals surface area contributed by atoms with Crippen LogP contribution in [0.1, 0.15) is 11.1 Å². The van der Waals surface area contributed by atoms with Crippen LogP contribution in [0.2, 0.25) is 0 Å². The number of benzene rings is 4. The van der Waals surface area contributed by atoms with Crippen molar-refractivity contribution in [3.63, 3.8) is 0 Å². The smallest absolute Gasteiger partial charge is 0.123 e. The van der Waals surface area contributed by atoms with Gasteiger partial charge in [-0.3, -0.25) is 0 Å². The van der Waals surface area contributed by atoms with Gasteiger partial charge in [-0.15, -0.1) is 0 Å². The van der Waals surface area contributed by atoms with E-state index >= 15 is 0 Å². The van der Waals surface area contributed by atoms with Gasteiger partial charge in [0.2, 0.25) is 0 Å². The molecule has 0 atom stereocenters. The first-order valence-electron chi connectivity index (χ1n) is 7.65. The monoisotopic (exact) mass is 298 g/mol. The van der Waals surface area contributed by atoms with Crippen molar-refractivity contribution in [1.82, 2.24) is 0 Å². The summed E-state index contributed by atoms with van der Waals surface area (Å²) in [5.41, 5.74) is 2.15. The summed E-state index contributed by atoms with van der Waals surface area (Å²) in [4.78, 5) is 0. The third-order valence-electron chi connectivity index (χ3n) is 4.11. The minimum Gasteiger partial charge on any atom is -0.207 e. The molecule has 1 heteroatoms. The van der Waals surface area contributed by atoms with Crippen molar-refractivity contribution in [3.05, 3.63) is 95.8 Å². The Morgan fingerprint density at radius 3 is 2.09 bits per heavy atom. The molecule has 0 saturated heterocycles. The van der Waals surface area contributed by atoms with E-state index in [1.807, 2.05) is 6.08 Å². The molecule has 0 aliphatic carbocycles. The van der Waals surface area contributed by atoms with Gasteiger partial charge in [-0.25, -0.2) is 4.39 Å². The van der Waals surface area contributed by atoms with Gasteiger partial charge < -0.3 is 0 Å². The van der Waals surface area contributed by atoms with Gasteiger partial charge >= 0.3 is 0 Å². The van der Waals surface area contributed by atoms with Gasteiger partial charge in [0, 0.05) is 0 Å². The Morgan fingerprint density at radius 1 is 0.609 bits per heavy atom. The SMILES string of the molecule is Fc1ccc(/C=C/c2cccc3cc4ccccc4cc23)cc1. The molecule has 0 radical (unpaired) electrons. The lowest BCUT2D eigenvalue weighted by Crippen LogP contribution is -1.81. The van der Waals surface area contributed by atoms with E-state index in [0.717, 1.165) is 11.1 Å². The summed E-state index contributed by atoms with van der Waals surface area (Å²) in [7, 11) is 0. The zero-order valence-corrected chi connectivity index (χ0v) is 12.5. The molecule has 4 aromatic carbocycles. The van der Waals surface area contributed by atoms with Crippen molar-refractivity contribution in [3.8, 4) is 0 Å². The lowest BCUT2D eigenvalue weighted by atomic mass is 9.99. The van der Waals surface area contributed by atoms with Crippen LogP contribution in [0.25, 0.3) is 33.7 Å². The fourth-order valence-electron chi connectivity index (χ4n) is 2.90. The Balaban J connectivity index is 1.82. The van der Waals surface area contributed by atoms with Crippen LogP contribution in [0, 0.1) is 5.82 Å². The molecule has 0 aliphatic rings. The molecule has 0 aromatic heterocycles. The summed E-state index contributed by atoms with van der Waals surface area (Å²) in [6.07, 6.45) is 4.10. The molecule has 0 saturated carbocycles. The summed E-state index contributed by atoms with van der Waals surface area (Å²) in [5.74, 6) is -0.209. The molecule has 4 rings (SSSR count). The van der Waals surface area contributed by atoms with Gasteiger partial charge in [-0.05, 0) is 56.9 Å². The topological polar surface area (TPSA) is 0 Å². The quantitative estimate of drug-likeness (QED) is 0.301. The fraction of sp³-hybridized carbons (Fsp3) is 0. The Bertz CT molecular complexity index is 1010. The number of halogens is 1. The molecule has 0 N–H and O–H groups in total. The van der Waals surface area contributed by atoms with Crippen LogP contribution in [0.5, 0.6) is 0 Å². The number of fused-ring (bicyclic) bond motifs is 2. The molecule has 0 nitrogen and oxygen atoms in total. The van der Waals surface area contributed by atoms with Gasteiger partial charge in [0.15, 0.2) is 0 Å². The molecular weight excluding hydrogens is 283 g/mol. The van der Waals surface area contributed by atoms with Crippen LogP contribution in [-0.4, -0.2) is 0 Å². The predicted molar refractivity (Wildman–Crippen MR) is 96.8 cm³/mol. The third kappa shape index (κ3) is 2.74. The lowest BCUT2D eigenvalue weighted by molar-refractivity contribution is 0.628. The van der Waals surface area contributed by atoms with E-state index in [0.29, 0.717) is 0 Å². The van der Waals surface area contributed by atoms with E-state index in [2.05, 4.69) is 60.7 Å². The van der Waals surface area contributed by atoms with Crippen molar-refractivity contribution in [2.45, 2.75) is 0 Å². The lowest BCUT2D eigenvalue weighted by Gasteiger charge is -2.05. The van der Waals surface area contributed by atoms with Crippen molar-refractivity contribution < 1.29 is 4.39 Å². The van der Waals surface area contributed by atoms with Crippen molar-refractivity contribution in [2.75, 3.05) is 0 Å². The Morgan fingerprint density at radius 2 is 1.30 bits per heavy atom. The average Bonchev–Trinajstić information content (AvgIpc) is 2.59. The fourth-order valence-corrected chi connectivity index (χ4v) is 2.90. The van der Waals surface area contributed by atoms with Crippen molar-refractivity contribution >= 4 is 33.7 Å². The highest BCUT2D eigenvalue weighted by Gasteiger charge is 2.01. The molecule has 0 heterocycles. The van der Waals surface area contributed by atoms with Gasteiger partial charge in [0.1, 0.15) is 5.82 Å². The van der Waals surface area contributed by atoms with E-state index in [1.165, 1.54) is 33.7 Å². The van der Waals surface area contributed by atoms with E-state index in [9.17, 15) is 4.39 Å². The van der Waals surface area contributed by atoms with Gasteiger partial charge in [0.25, 0.3) is 0 Å². The Kier molecular flexibility index (Phi) is 3.39. The summed E-state index contributed by atoms with van der Waals surface area (Å²) in [6, 6.07) is 25.7. The second-order valence-corrected chi connectivity index (χ2v) is 5.65. The molecule has 0 unspecified atom stereocenters. The highest BCUT2D eigenvalue weighted by Crippen LogP contribution is 2.26. The summed E-state index contributed by atoms with van der Waals surface area (Å²) in [5, 5.41) is 4.94. The summed E-state index contributed by atoms with van der Waals surface area (Å²) in [6.45, 7) is 0. The molecule has 0 spiro atoms. The van der Waals surface area contributed by atoms with Gasteiger partial charge in [-0.1, -0.05) is 66.7 Å². The third-order valence-corrected chi connectivity index (χ3v) is 4.11. The first kappa shape index (κ1) is 13.7. The standard InChI is InChI=1S/C22H15F/c23-21-12-9-16(10-13-21)8-11-17-6-3-7-20-14-18-4-1-2-5-19(18)15-22(17)20/h1-15H/b11-8+. The molecule has 0 bridgehead atoms. The Hall–Kier alpha value is -2.93. The maximum absolute atomic E-state index is 13.0. The zero-order valence-electron chi connectivity index (χ0n) is 12.5. The zero-order chi connectivity index (χ0) is 15.6. The van der Waals surface area contributed by atoms with Crippen LogP contribution < -0.4 is 0 Å². The summed E-state index contributed by atoms with van der Waals surface area (Å²) < 4.78 is 13.0. The molecule has 23 heavy (non-hydrogen) atoms.